The number of aliphatic hydroxyl groups excluding tert-OH is 1. The smallest absolute Gasteiger partial charge is 0.161 e. The molecule has 0 aliphatic heterocycles. The third-order valence-corrected chi connectivity index (χ3v) is 3.67. The molecule has 0 aliphatic carbocycles. The predicted molar refractivity (Wildman–Crippen MR) is 77.7 cm³/mol. The summed E-state index contributed by atoms with van der Waals surface area (Å²) in [6.07, 6.45) is -0.884. The molecule has 0 amide bonds. The van der Waals surface area contributed by atoms with Gasteiger partial charge in [-0.25, -0.2) is 4.39 Å². The number of methoxy groups -OCH3 is 2. The number of ether oxygens (including phenoxy) is 2. The monoisotopic (exact) mass is 340 g/mol. The van der Waals surface area contributed by atoms with Crippen molar-refractivity contribution in [2.45, 2.75) is 6.10 Å². The summed E-state index contributed by atoms with van der Waals surface area (Å²) in [6, 6.07) is 9.13. The molecular weight excluding hydrogens is 327 g/mol. The topological polar surface area (TPSA) is 38.7 Å². The molecule has 1 atom stereocenters. The molecule has 0 heterocycles. The summed E-state index contributed by atoms with van der Waals surface area (Å²) in [5.74, 6) is 0.744. The largest absolute Gasteiger partial charge is 0.493 e. The Morgan fingerprint density at radius 2 is 1.60 bits per heavy atom. The molecule has 0 fully saturated rings. The van der Waals surface area contributed by atoms with Crippen molar-refractivity contribution in [1.82, 2.24) is 0 Å². The summed E-state index contributed by atoms with van der Waals surface area (Å²) in [4.78, 5) is 0. The van der Waals surface area contributed by atoms with E-state index in [-0.39, 0.29) is 5.82 Å². The van der Waals surface area contributed by atoms with Gasteiger partial charge in [-0.1, -0.05) is 28.1 Å². The zero-order valence-corrected chi connectivity index (χ0v) is 12.6. The van der Waals surface area contributed by atoms with E-state index in [1.165, 1.54) is 19.2 Å². The van der Waals surface area contributed by atoms with Crippen LogP contribution in [0.2, 0.25) is 0 Å². The van der Waals surface area contributed by atoms with Crippen molar-refractivity contribution in [2.24, 2.45) is 0 Å². The number of rotatable bonds is 4. The Bertz CT molecular complexity index is 599. The van der Waals surface area contributed by atoms with Crippen molar-refractivity contribution in [2.75, 3.05) is 14.2 Å². The molecule has 1 unspecified atom stereocenters. The van der Waals surface area contributed by atoms with Crippen LogP contribution in [0.4, 0.5) is 4.39 Å². The summed E-state index contributed by atoms with van der Waals surface area (Å²) < 4.78 is 24.0. The Morgan fingerprint density at radius 3 is 2.15 bits per heavy atom. The highest BCUT2D eigenvalue weighted by atomic mass is 79.9. The molecule has 1 N–H and O–H groups in total. The molecule has 0 aromatic heterocycles. The van der Waals surface area contributed by atoms with Gasteiger partial charge in [-0.05, 0) is 29.8 Å². The maximum Gasteiger partial charge on any atom is 0.161 e. The Balaban J connectivity index is 2.43. The lowest BCUT2D eigenvalue weighted by molar-refractivity contribution is 0.218. The van der Waals surface area contributed by atoms with Gasteiger partial charge in [0.1, 0.15) is 11.9 Å². The van der Waals surface area contributed by atoms with E-state index in [4.69, 9.17) is 9.47 Å². The lowest BCUT2D eigenvalue weighted by atomic mass is 10.0. The summed E-state index contributed by atoms with van der Waals surface area (Å²) >= 11 is 3.39. The van der Waals surface area contributed by atoms with Crippen LogP contribution in [0, 0.1) is 5.82 Å². The third-order valence-electron chi connectivity index (χ3n) is 2.98. The summed E-state index contributed by atoms with van der Waals surface area (Å²) in [5, 5.41) is 10.4. The average Bonchev–Trinajstić information content (AvgIpc) is 2.47. The van der Waals surface area contributed by atoms with Crippen LogP contribution in [0.5, 0.6) is 11.5 Å². The fourth-order valence-electron chi connectivity index (χ4n) is 1.90. The standard InChI is InChI=1S/C15H14BrFO3/c1-19-13-7-11(12(16)8-14(13)20-2)15(18)9-3-5-10(17)6-4-9/h3-8,15,18H,1-2H3. The second kappa shape index (κ2) is 6.24. The van der Waals surface area contributed by atoms with Gasteiger partial charge in [0.05, 0.1) is 14.2 Å². The summed E-state index contributed by atoms with van der Waals surface area (Å²) in [6.45, 7) is 0. The number of halogens is 2. The molecule has 5 heteroatoms. The molecule has 3 nitrogen and oxygen atoms in total. The normalized spacial score (nSPS) is 12.1. The molecule has 2 rings (SSSR count). The van der Waals surface area contributed by atoms with Gasteiger partial charge >= 0.3 is 0 Å². The van der Waals surface area contributed by atoms with Crippen molar-refractivity contribution in [1.29, 1.82) is 0 Å². The van der Waals surface area contributed by atoms with Crippen LogP contribution in [0.25, 0.3) is 0 Å². The Morgan fingerprint density at radius 1 is 1.05 bits per heavy atom. The van der Waals surface area contributed by atoms with Crippen LogP contribution >= 0.6 is 15.9 Å². The fourth-order valence-corrected chi connectivity index (χ4v) is 2.44. The van der Waals surface area contributed by atoms with E-state index in [1.54, 1.807) is 31.4 Å². The van der Waals surface area contributed by atoms with Crippen molar-refractivity contribution < 1.29 is 19.0 Å². The molecular formula is C15H14BrFO3. The maximum absolute atomic E-state index is 12.9. The van der Waals surface area contributed by atoms with Gasteiger partial charge in [0.15, 0.2) is 11.5 Å². The minimum atomic E-state index is -0.884. The first-order valence-electron chi connectivity index (χ1n) is 5.91. The van der Waals surface area contributed by atoms with Gasteiger partial charge in [-0.2, -0.15) is 0 Å². The quantitative estimate of drug-likeness (QED) is 0.922. The van der Waals surface area contributed by atoms with E-state index < -0.39 is 6.10 Å². The van der Waals surface area contributed by atoms with Crippen LogP contribution in [-0.2, 0) is 0 Å². The minimum Gasteiger partial charge on any atom is -0.493 e. The van der Waals surface area contributed by atoms with E-state index in [0.717, 1.165) is 0 Å². The number of aliphatic hydroxyl groups is 1. The highest BCUT2D eigenvalue weighted by Gasteiger charge is 2.17. The fraction of sp³-hybridized carbons (Fsp3) is 0.200. The Hall–Kier alpha value is -1.59. The predicted octanol–water partition coefficient (Wildman–Crippen LogP) is 3.69. The van der Waals surface area contributed by atoms with Crippen LogP contribution < -0.4 is 9.47 Å². The second-order valence-corrected chi connectivity index (χ2v) is 5.04. The summed E-state index contributed by atoms with van der Waals surface area (Å²) in [5.41, 5.74) is 1.22. The number of benzene rings is 2. The van der Waals surface area contributed by atoms with Crippen LogP contribution in [0.3, 0.4) is 0 Å². The Kier molecular flexibility index (Phi) is 4.62. The third kappa shape index (κ3) is 2.94. The highest BCUT2D eigenvalue weighted by Crippen LogP contribution is 2.37. The first kappa shape index (κ1) is 14.8. The molecule has 0 spiro atoms. The van der Waals surface area contributed by atoms with Crippen molar-refractivity contribution in [3.8, 4) is 11.5 Å². The first-order valence-corrected chi connectivity index (χ1v) is 6.71. The highest BCUT2D eigenvalue weighted by molar-refractivity contribution is 9.10. The molecule has 2 aromatic rings. The van der Waals surface area contributed by atoms with Gasteiger partial charge in [0.25, 0.3) is 0 Å². The minimum absolute atomic E-state index is 0.340. The molecule has 0 radical (unpaired) electrons. The van der Waals surface area contributed by atoms with Gasteiger partial charge in [-0.3, -0.25) is 0 Å². The zero-order chi connectivity index (χ0) is 14.7. The molecule has 0 saturated heterocycles. The first-order chi connectivity index (χ1) is 9.56. The molecule has 0 aliphatic rings. The number of hydrogen-bond donors (Lipinski definition) is 1. The molecule has 2 aromatic carbocycles. The molecule has 0 saturated carbocycles. The average molecular weight is 341 g/mol. The Labute approximate surface area is 125 Å². The van der Waals surface area contributed by atoms with Crippen LogP contribution in [0.15, 0.2) is 40.9 Å². The molecule has 20 heavy (non-hydrogen) atoms. The van der Waals surface area contributed by atoms with E-state index in [9.17, 15) is 9.50 Å². The van der Waals surface area contributed by atoms with E-state index in [0.29, 0.717) is 27.1 Å². The van der Waals surface area contributed by atoms with E-state index in [2.05, 4.69) is 15.9 Å². The maximum atomic E-state index is 12.9. The van der Waals surface area contributed by atoms with Crippen molar-refractivity contribution >= 4 is 15.9 Å². The molecule has 106 valence electrons. The molecule has 0 bridgehead atoms. The van der Waals surface area contributed by atoms with Crippen molar-refractivity contribution in [3.63, 3.8) is 0 Å². The van der Waals surface area contributed by atoms with Gasteiger partial charge < -0.3 is 14.6 Å². The second-order valence-electron chi connectivity index (χ2n) is 4.18. The zero-order valence-electron chi connectivity index (χ0n) is 11.1. The van der Waals surface area contributed by atoms with Gasteiger partial charge in [0.2, 0.25) is 0 Å². The van der Waals surface area contributed by atoms with Gasteiger partial charge in [0, 0.05) is 10.0 Å². The lowest BCUT2D eigenvalue weighted by Gasteiger charge is -2.16. The van der Waals surface area contributed by atoms with Gasteiger partial charge in [-0.15, -0.1) is 0 Å². The SMILES string of the molecule is COc1cc(Br)c(C(O)c2ccc(F)cc2)cc1OC. The van der Waals surface area contributed by atoms with E-state index in [1.807, 2.05) is 0 Å². The van der Waals surface area contributed by atoms with Crippen molar-refractivity contribution in [3.05, 3.63) is 57.8 Å². The van der Waals surface area contributed by atoms with Crippen LogP contribution in [-0.4, -0.2) is 19.3 Å². The van der Waals surface area contributed by atoms with Crippen LogP contribution in [0.1, 0.15) is 17.2 Å². The van der Waals surface area contributed by atoms with E-state index >= 15 is 0 Å². The lowest BCUT2D eigenvalue weighted by Crippen LogP contribution is -2.02. The number of hydrogen-bond acceptors (Lipinski definition) is 3. The summed E-state index contributed by atoms with van der Waals surface area (Å²) in [7, 11) is 3.07.